The lowest BCUT2D eigenvalue weighted by molar-refractivity contribution is 1.27. The molecule has 0 saturated carbocycles. The van der Waals surface area contributed by atoms with Crippen LogP contribution in [0.25, 0.3) is 33.4 Å². The van der Waals surface area contributed by atoms with Crippen LogP contribution in [0, 0.1) is 62.3 Å². The van der Waals surface area contributed by atoms with Gasteiger partial charge in [-0.05, 0) is 146 Å². The molecule has 0 N–H and O–H groups in total. The molecule has 0 unspecified atom stereocenters. The molecule has 6 aromatic rings. The molecule has 6 aromatic carbocycles. The summed E-state index contributed by atoms with van der Waals surface area (Å²) in [7, 11) is 0. The summed E-state index contributed by atoms with van der Waals surface area (Å²) in [6.07, 6.45) is 0. The number of hydrogen-bond acceptors (Lipinski definition) is 0. The van der Waals surface area contributed by atoms with Crippen molar-refractivity contribution in [3.05, 3.63) is 177 Å². The van der Waals surface area contributed by atoms with E-state index < -0.39 is 0 Å². The summed E-state index contributed by atoms with van der Waals surface area (Å²) in [5, 5.41) is 0. The van der Waals surface area contributed by atoms with Crippen LogP contribution in [-0.2, 0) is 0 Å². The summed E-state index contributed by atoms with van der Waals surface area (Å²) >= 11 is 0. The summed E-state index contributed by atoms with van der Waals surface area (Å²) in [6.45, 7) is 19.6. The van der Waals surface area contributed by atoms with Crippen molar-refractivity contribution in [3.63, 3.8) is 0 Å². The molecule has 228 valence electrons. The van der Waals surface area contributed by atoms with E-state index in [0.717, 1.165) is 0 Å². The van der Waals surface area contributed by atoms with Gasteiger partial charge in [-0.25, -0.2) is 0 Å². The normalized spacial score (nSPS) is 10.3. The van der Waals surface area contributed by atoms with E-state index in [2.05, 4.69) is 190 Å². The number of rotatable bonds is 3. The lowest BCUT2D eigenvalue weighted by Gasteiger charge is -2.09. The second-order valence-electron chi connectivity index (χ2n) is 12.3. The van der Waals surface area contributed by atoms with E-state index >= 15 is 0 Å². The van der Waals surface area contributed by atoms with Crippen LogP contribution in [0.2, 0.25) is 0 Å². The van der Waals surface area contributed by atoms with E-state index in [1.165, 1.54) is 83.5 Å². The molecule has 0 saturated heterocycles. The molecular weight excluding hydrogens is 540 g/mol. The van der Waals surface area contributed by atoms with E-state index in [4.69, 9.17) is 0 Å². The minimum absolute atomic E-state index is 1.30. The van der Waals surface area contributed by atoms with Crippen molar-refractivity contribution >= 4 is 0 Å². The van der Waals surface area contributed by atoms with Crippen molar-refractivity contribution in [2.24, 2.45) is 0 Å². The second-order valence-corrected chi connectivity index (χ2v) is 12.3. The van der Waals surface area contributed by atoms with Gasteiger partial charge in [0, 0.05) is 0 Å². The Kier molecular flexibility index (Phi) is 11.3. The highest BCUT2D eigenvalue weighted by molar-refractivity contribution is 5.68. The average molecular weight is 589 g/mol. The maximum absolute atomic E-state index is 2.26. The monoisotopic (exact) mass is 588 g/mol. The third-order valence-electron chi connectivity index (χ3n) is 9.10. The van der Waals surface area contributed by atoms with Crippen LogP contribution in [0.1, 0.15) is 50.1 Å². The highest BCUT2D eigenvalue weighted by atomic mass is 14.1. The van der Waals surface area contributed by atoms with Gasteiger partial charge in [-0.15, -0.1) is 0 Å². The molecule has 0 aliphatic heterocycles. The first-order chi connectivity index (χ1) is 21.5. The Bertz CT molecular complexity index is 1550. The largest absolute Gasteiger partial charge is 0.0622 e. The van der Waals surface area contributed by atoms with Gasteiger partial charge in [0.05, 0.1) is 0 Å². The minimum Gasteiger partial charge on any atom is -0.0622 e. The van der Waals surface area contributed by atoms with Crippen LogP contribution >= 0.6 is 0 Å². The van der Waals surface area contributed by atoms with Gasteiger partial charge >= 0.3 is 0 Å². The summed E-state index contributed by atoms with van der Waals surface area (Å²) in [6, 6.07) is 45.2. The third kappa shape index (κ3) is 8.70. The average Bonchev–Trinajstić information content (AvgIpc) is 3.06. The lowest BCUT2D eigenvalue weighted by atomic mass is 9.97. The van der Waals surface area contributed by atoms with Crippen LogP contribution < -0.4 is 0 Å². The van der Waals surface area contributed by atoms with Crippen LogP contribution in [0.5, 0.6) is 0 Å². The fourth-order valence-corrected chi connectivity index (χ4v) is 5.50. The predicted molar refractivity (Wildman–Crippen MR) is 198 cm³/mol. The zero-order valence-electron chi connectivity index (χ0n) is 28.6. The van der Waals surface area contributed by atoms with Crippen LogP contribution in [0.3, 0.4) is 0 Å². The fraction of sp³-hybridized carbons (Fsp3) is 0.200. The molecule has 0 bridgehead atoms. The zero-order valence-corrected chi connectivity index (χ0v) is 28.6. The van der Waals surface area contributed by atoms with E-state index in [1.807, 2.05) is 0 Å². The molecule has 0 aromatic heterocycles. The van der Waals surface area contributed by atoms with E-state index in [-0.39, 0.29) is 0 Å². The van der Waals surface area contributed by atoms with Gasteiger partial charge in [0.25, 0.3) is 0 Å². The highest BCUT2D eigenvalue weighted by Crippen LogP contribution is 2.26. The second kappa shape index (κ2) is 15.4. The quantitative estimate of drug-likeness (QED) is 0.193. The first kappa shape index (κ1) is 33.2. The maximum atomic E-state index is 2.26. The zero-order chi connectivity index (χ0) is 32.5. The molecule has 45 heavy (non-hydrogen) atoms. The molecule has 0 heteroatoms. The Labute approximate surface area is 272 Å². The first-order valence-corrected chi connectivity index (χ1v) is 15.9. The molecule has 0 spiro atoms. The fourth-order valence-electron chi connectivity index (χ4n) is 5.50. The summed E-state index contributed by atoms with van der Waals surface area (Å²) in [5.74, 6) is 0. The van der Waals surface area contributed by atoms with Gasteiger partial charge in [-0.2, -0.15) is 0 Å². The van der Waals surface area contributed by atoms with Gasteiger partial charge in [0.2, 0.25) is 0 Å². The summed E-state index contributed by atoms with van der Waals surface area (Å²) < 4.78 is 0. The standard InChI is InChI=1S/3C15H16/c3*1-11-9-15(10-12(2)13(11)3)14-7-5-4-6-8-14/h3*4-10H,1-3H3. The van der Waals surface area contributed by atoms with E-state index in [9.17, 15) is 0 Å². The third-order valence-corrected chi connectivity index (χ3v) is 9.10. The molecule has 0 fully saturated rings. The van der Waals surface area contributed by atoms with Crippen molar-refractivity contribution in [1.82, 2.24) is 0 Å². The highest BCUT2D eigenvalue weighted by Gasteiger charge is 2.04. The van der Waals surface area contributed by atoms with Gasteiger partial charge in [0.1, 0.15) is 0 Å². The molecule has 0 heterocycles. The van der Waals surface area contributed by atoms with Gasteiger partial charge in [-0.3, -0.25) is 0 Å². The van der Waals surface area contributed by atoms with E-state index in [0.29, 0.717) is 0 Å². The van der Waals surface area contributed by atoms with Crippen molar-refractivity contribution in [2.45, 2.75) is 62.3 Å². The van der Waals surface area contributed by atoms with Gasteiger partial charge < -0.3 is 0 Å². The summed E-state index contributed by atoms with van der Waals surface area (Å²) in [4.78, 5) is 0. The molecule has 0 atom stereocenters. The topological polar surface area (TPSA) is 0 Å². The van der Waals surface area contributed by atoms with Crippen molar-refractivity contribution in [1.29, 1.82) is 0 Å². The van der Waals surface area contributed by atoms with Crippen LogP contribution in [-0.4, -0.2) is 0 Å². The van der Waals surface area contributed by atoms with Crippen LogP contribution in [0.15, 0.2) is 127 Å². The van der Waals surface area contributed by atoms with Crippen LogP contribution in [0.4, 0.5) is 0 Å². The Morgan fingerprint density at radius 1 is 0.222 bits per heavy atom. The maximum Gasteiger partial charge on any atom is -0.0179 e. The van der Waals surface area contributed by atoms with Crippen molar-refractivity contribution < 1.29 is 0 Å². The first-order valence-electron chi connectivity index (χ1n) is 15.9. The summed E-state index contributed by atoms with van der Waals surface area (Å²) in [5.41, 5.74) is 20.2. The molecule has 0 amide bonds. The van der Waals surface area contributed by atoms with Crippen molar-refractivity contribution in [3.8, 4) is 33.4 Å². The molecule has 0 nitrogen and oxygen atoms in total. The Morgan fingerprint density at radius 2 is 0.400 bits per heavy atom. The molecule has 6 rings (SSSR count). The number of aryl methyl sites for hydroxylation is 6. The SMILES string of the molecule is Cc1cc(-c2ccccc2)cc(C)c1C.Cc1cc(-c2ccccc2)cc(C)c1C.Cc1cc(-c2ccccc2)cc(C)c1C. The van der Waals surface area contributed by atoms with Gasteiger partial charge in [-0.1, -0.05) is 127 Å². The minimum atomic E-state index is 1.30. The Hall–Kier alpha value is -4.68. The van der Waals surface area contributed by atoms with E-state index in [1.54, 1.807) is 0 Å². The number of hydrogen-bond donors (Lipinski definition) is 0. The Balaban J connectivity index is 0.000000154. The van der Waals surface area contributed by atoms with Crippen molar-refractivity contribution in [2.75, 3.05) is 0 Å². The molecule has 0 radical (unpaired) electrons. The number of benzene rings is 6. The molecule has 0 aliphatic carbocycles. The smallest absolute Gasteiger partial charge is 0.0179 e. The molecule has 0 aliphatic rings. The Morgan fingerprint density at radius 3 is 0.578 bits per heavy atom. The predicted octanol–water partition coefficient (Wildman–Crippen LogP) is 12.8. The molecular formula is C45H48. The van der Waals surface area contributed by atoms with Gasteiger partial charge in [0.15, 0.2) is 0 Å². The lowest BCUT2D eigenvalue weighted by Crippen LogP contribution is -1.88.